The van der Waals surface area contributed by atoms with Crippen LogP contribution in [0.5, 0.6) is 0 Å². The minimum absolute atomic E-state index is 1.04. The summed E-state index contributed by atoms with van der Waals surface area (Å²) in [6, 6.07) is 0. The molecule has 0 spiro atoms. The van der Waals surface area contributed by atoms with Gasteiger partial charge in [0.1, 0.15) is 0 Å². The molecular weight excluding hydrogens is 120 g/mol. The summed E-state index contributed by atoms with van der Waals surface area (Å²) in [6.45, 7) is 4.79. The molecule has 58 valence electrons. The molecule has 1 unspecified atom stereocenters. The zero-order chi connectivity index (χ0) is 7.14. The van der Waals surface area contributed by atoms with Gasteiger partial charge in [-0.25, -0.2) is 0 Å². The largest absolute Gasteiger partial charge is 0.0651 e. The molecule has 4 atom stereocenters. The van der Waals surface area contributed by atoms with Gasteiger partial charge in [-0.3, -0.25) is 0 Å². The van der Waals surface area contributed by atoms with Gasteiger partial charge in [-0.05, 0) is 42.9 Å². The molecule has 10 heavy (non-hydrogen) atoms. The lowest BCUT2D eigenvalue weighted by Gasteiger charge is -2.24. The van der Waals surface area contributed by atoms with E-state index in [1.807, 2.05) is 0 Å². The zero-order valence-electron chi connectivity index (χ0n) is 7.14. The molecule has 2 aliphatic carbocycles. The summed E-state index contributed by atoms with van der Waals surface area (Å²) in [5.41, 5.74) is 0. The van der Waals surface area contributed by atoms with Gasteiger partial charge in [0.25, 0.3) is 0 Å². The first-order valence-corrected chi connectivity index (χ1v) is 4.81. The molecule has 0 aromatic heterocycles. The van der Waals surface area contributed by atoms with Gasteiger partial charge >= 0.3 is 0 Å². The Morgan fingerprint density at radius 1 is 1.20 bits per heavy atom. The van der Waals surface area contributed by atoms with Gasteiger partial charge in [-0.1, -0.05) is 20.3 Å². The van der Waals surface area contributed by atoms with E-state index < -0.39 is 0 Å². The molecule has 0 radical (unpaired) electrons. The van der Waals surface area contributed by atoms with Crippen molar-refractivity contribution in [2.75, 3.05) is 0 Å². The maximum Gasteiger partial charge on any atom is -0.0354 e. The minimum atomic E-state index is 1.04. The number of rotatable bonds is 1. The average Bonchev–Trinajstić information content (AvgIpc) is 2.64. The molecule has 0 aromatic carbocycles. The van der Waals surface area contributed by atoms with E-state index in [2.05, 4.69) is 13.8 Å². The van der Waals surface area contributed by atoms with Gasteiger partial charge in [-0.2, -0.15) is 0 Å². The Morgan fingerprint density at radius 3 is 2.70 bits per heavy atom. The second kappa shape index (κ2) is 2.25. The minimum Gasteiger partial charge on any atom is -0.0651 e. The van der Waals surface area contributed by atoms with Crippen molar-refractivity contribution in [2.45, 2.75) is 39.5 Å². The van der Waals surface area contributed by atoms with E-state index in [1.54, 1.807) is 12.8 Å². The molecule has 2 rings (SSSR count). The lowest BCUT2D eigenvalue weighted by molar-refractivity contribution is 0.260. The fraction of sp³-hybridized carbons (Fsp3) is 1.00. The van der Waals surface area contributed by atoms with Crippen LogP contribution in [0, 0.1) is 23.7 Å². The normalized spacial score (nSPS) is 52.2. The second-order valence-corrected chi connectivity index (χ2v) is 4.40. The predicted octanol–water partition coefficient (Wildman–Crippen LogP) is 3.08. The van der Waals surface area contributed by atoms with E-state index in [0.29, 0.717) is 0 Å². The topological polar surface area (TPSA) is 0 Å². The highest BCUT2D eigenvalue weighted by Gasteiger charge is 2.46. The number of hydrogen-bond acceptors (Lipinski definition) is 0. The van der Waals surface area contributed by atoms with E-state index in [4.69, 9.17) is 0 Å². The molecule has 0 saturated heterocycles. The quantitative estimate of drug-likeness (QED) is 0.522. The molecule has 0 heterocycles. The molecule has 0 aliphatic heterocycles. The predicted molar refractivity (Wildman–Crippen MR) is 43.8 cm³/mol. The Morgan fingerprint density at radius 2 is 2.00 bits per heavy atom. The van der Waals surface area contributed by atoms with Gasteiger partial charge in [-0.15, -0.1) is 0 Å². The first kappa shape index (κ1) is 6.69. The van der Waals surface area contributed by atoms with Gasteiger partial charge in [0.15, 0.2) is 0 Å². The van der Waals surface area contributed by atoms with Crippen LogP contribution in [0.15, 0.2) is 0 Å². The summed E-state index contributed by atoms with van der Waals surface area (Å²) in [6.07, 6.45) is 6.08. The van der Waals surface area contributed by atoms with Crippen LogP contribution >= 0.6 is 0 Å². The highest BCUT2D eigenvalue weighted by atomic mass is 14.5. The van der Waals surface area contributed by atoms with Crippen molar-refractivity contribution in [3.8, 4) is 0 Å². The second-order valence-electron chi connectivity index (χ2n) is 4.40. The van der Waals surface area contributed by atoms with Crippen molar-refractivity contribution in [1.29, 1.82) is 0 Å². The maximum absolute atomic E-state index is 2.43. The summed E-state index contributed by atoms with van der Waals surface area (Å²) in [5.74, 6) is 4.47. The smallest absolute Gasteiger partial charge is 0.0354 e. The highest BCUT2D eigenvalue weighted by molar-refractivity contribution is 4.95. The van der Waals surface area contributed by atoms with Crippen LogP contribution in [0.25, 0.3) is 0 Å². The fourth-order valence-corrected chi connectivity index (χ4v) is 2.89. The third-order valence-electron chi connectivity index (χ3n) is 3.52. The summed E-state index contributed by atoms with van der Waals surface area (Å²) >= 11 is 0. The zero-order valence-corrected chi connectivity index (χ0v) is 7.14. The van der Waals surface area contributed by atoms with E-state index in [1.165, 1.54) is 18.8 Å². The number of fused-ring (bicyclic) bond motifs is 1. The Hall–Kier alpha value is 0. The van der Waals surface area contributed by atoms with Crippen molar-refractivity contribution in [3.63, 3.8) is 0 Å². The van der Waals surface area contributed by atoms with Crippen LogP contribution in [-0.4, -0.2) is 0 Å². The monoisotopic (exact) mass is 138 g/mol. The summed E-state index contributed by atoms with van der Waals surface area (Å²) < 4.78 is 0. The molecule has 2 aliphatic rings. The van der Waals surface area contributed by atoms with Crippen LogP contribution in [0.3, 0.4) is 0 Å². The third-order valence-corrected chi connectivity index (χ3v) is 3.52. The molecule has 0 amide bonds. The SMILES string of the molecule is CC[C@@H]1CC(C)C[C@@H]2C[C@H]12. The molecule has 2 saturated carbocycles. The van der Waals surface area contributed by atoms with E-state index in [0.717, 1.165) is 17.8 Å². The van der Waals surface area contributed by atoms with Crippen molar-refractivity contribution in [2.24, 2.45) is 23.7 Å². The third kappa shape index (κ3) is 0.980. The standard InChI is InChI=1S/C10H18/c1-3-8-4-7(2)5-9-6-10(8)9/h7-10H,3-6H2,1-2H3/t7?,8-,9-,10-/m1/s1. The Balaban J connectivity index is 1.96. The van der Waals surface area contributed by atoms with Crippen molar-refractivity contribution in [3.05, 3.63) is 0 Å². The van der Waals surface area contributed by atoms with E-state index in [9.17, 15) is 0 Å². The molecule has 0 N–H and O–H groups in total. The van der Waals surface area contributed by atoms with Crippen LogP contribution < -0.4 is 0 Å². The maximum atomic E-state index is 2.43. The lowest BCUT2D eigenvalue weighted by atomic mass is 9.81. The highest BCUT2D eigenvalue weighted by Crippen LogP contribution is 2.55. The fourth-order valence-electron chi connectivity index (χ4n) is 2.89. The van der Waals surface area contributed by atoms with E-state index in [-0.39, 0.29) is 0 Å². The van der Waals surface area contributed by atoms with Crippen molar-refractivity contribution < 1.29 is 0 Å². The Labute approximate surface area is 64.0 Å². The molecule has 0 bridgehead atoms. The molecule has 0 heteroatoms. The summed E-state index contributed by atoms with van der Waals surface area (Å²) in [7, 11) is 0. The van der Waals surface area contributed by atoms with Crippen LogP contribution in [0.2, 0.25) is 0 Å². The van der Waals surface area contributed by atoms with E-state index >= 15 is 0 Å². The average molecular weight is 138 g/mol. The van der Waals surface area contributed by atoms with Crippen LogP contribution in [-0.2, 0) is 0 Å². The first-order valence-electron chi connectivity index (χ1n) is 4.81. The summed E-state index contributed by atoms with van der Waals surface area (Å²) in [5, 5.41) is 0. The van der Waals surface area contributed by atoms with Crippen molar-refractivity contribution >= 4 is 0 Å². The van der Waals surface area contributed by atoms with Gasteiger partial charge < -0.3 is 0 Å². The Kier molecular flexibility index (Phi) is 1.51. The molecule has 0 nitrogen and oxygen atoms in total. The first-order chi connectivity index (χ1) is 4.81. The van der Waals surface area contributed by atoms with Crippen LogP contribution in [0.1, 0.15) is 39.5 Å². The van der Waals surface area contributed by atoms with Gasteiger partial charge in [0, 0.05) is 0 Å². The Bertz CT molecular complexity index is 128. The van der Waals surface area contributed by atoms with Gasteiger partial charge in [0.05, 0.1) is 0 Å². The van der Waals surface area contributed by atoms with Gasteiger partial charge in [0.2, 0.25) is 0 Å². The van der Waals surface area contributed by atoms with Crippen molar-refractivity contribution in [1.82, 2.24) is 0 Å². The summed E-state index contributed by atoms with van der Waals surface area (Å²) in [4.78, 5) is 0. The van der Waals surface area contributed by atoms with Crippen LogP contribution in [0.4, 0.5) is 0 Å². The number of hydrogen-bond donors (Lipinski definition) is 0. The molecule has 0 aromatic rings. The molecular formula is C10H18. The lowest BCUT2D eigenvalue weighted by Crippen LogP contribution is -2.15. The molecule has 2 fully saturated rings.